The Morgan fingerprint density at radius 3 is 2.84 bits per heavy atom. The molecule has 0 atom stereocenters. The molecule has 4 aromatic rings. The summed E-state index contributed by atoms with van der Waals surface area (Å²) in [6.45, 7) is 0. The van der Waals surface area contributed by atoms with Crippen LogP contribution in [0.2, 0.25) is 0 Å². The van der Waals surface area contributed by atoms with Gasteiger partial charge in [0.05, 0.1) is 17.4 Å². The van der Waals surface area contributed by atoms with E-state index in [1.807, 2.05) is 18.2 Å². The number of halogens is 1. The van der Waals surface area contributed by atoms with E-state index in [2.05, 4.69) is 25.8 Å². The van der Waals surface area contributed by atoms with Crippen LogP contribution < -0.4 is 10.6 Å². The van der Waals surface area contributed by atoms with Crippen LogP contribution in [0.1, 0.15) is 10.5 Å². The lowest BCUT2D eigenvalue weighted by atomic mass is 10.2. The normalized spacial score (nSPS) is 10.8. The average Bonchev–Trinajstić information content (AvgIpc) is 3.26. The Labute approximate surface area is 145 Å². The second kappa shape index (κ2) is 6.33. The first-order valence-corrected chi connectivity index (χ1v) is 8.28. The van der Waals surface area contributed by atoms with E-state index in [0.717, 1.165) is 16.6 Å². The molecule has 124 valence electrons. The number of hydrogen-bond donors (Lipinski definition) is 3. The fourth-order valence-corrected chi connectivity index (χ4v) is 3.06. The summed E-state index contributed by atoms with van der Waals surface area (Å²) in [7, 11) is 0. The average molecular weight is 353 g/mol. The van der Waals surface area contributed by atoms with E-state index in [9.17, 15) is 9.18 Å². The van der Waals surface area contributed by atoms with E-state index >= 15 is 0 Å². The molecule has 25 heavy (non-hydrogen) atoms. The third kappa shape index (κ3) is 3.20. The predicted octanol–water partition coefficient (Wildman–Crippen LogP) is 4.15. The summed E-state index contributed by atoms with van der Waals surface area (Å²) in [5.41, 5.74) is 2.56. The molecule has 0 saturated heterocycles. The van der Waals surface area contributed by atoms with Crippen LogP contribution in [0.4, 0.5) is 20.9 Å². The zero-order chi connectivity index (χ0) is 17.2. The Balaban J connectivity index is 1.51. The maximum Gasteiger partial charge on any atom is 0.275 e. The zero-order valence-corrected chi connectivity index (χ0v) is 13.6. The summed E-state index contributed by atoms with van der Waals surface area (Å²) < 4.78 is 12.9. The van der Waals surface area contributed by atoms with Crippen molar-refractivity contribution in [2.45, 2.75) is 0 Å². The van der Waals surface area contributed by atoms with Crippen LogP contribution >= 0.6 is 11.3 Å². The molecule has 3 N–H and O–H groups in total. The lowest BCUT2D eigenvalue weighted by Gasteiger charge is -2.04. The molecule has 2 heterocycles. The molecule has 0 unspecified atom stereocenters. The lowest BCUT2D eigenvalue weighted by Crippen LogP contribution is -2.12. The number of nitrogens with one attached hydrogen (secondary N) is 3. The van der Waals surface area contributed by atoms with Crippen molar-refractivity contribution in [1.29, 1.82) is 0 Å². The van der Waals surface area contributed by atoms with Crippen molar-refractivity contribution in [3.8, 4) is 0 Å². The molecule has 6 nitrogen and oxygen atoms in total. The van der Waals surface area contributed by atoms with Crippen molar-refractivity contribution in [3.63, 3.8) is 0 Å². The third-order valence-corrected chi connectivity index (χ3v) is 4.32. The summed E-state index contributed by atoms with van der Waals surface area (Å²) >= 11 is 1.32. The van der Waals surface area contributed by atoms with Crippen LogP contribution in [-0.4, -0.2) is 21.1 Å². The first kappa shape index (κ1) is 15.3. The van der Waals surface area contributed by atoms with Gasteiger partial charge in [0.15, 0.2) is 5.13 Å². The summed E-state index contributed by atoms with van der Waals surface area (Å²) in [6, 6.07) is 11.3. The van der Waals surface area contributed by atoms with E-state index in [1.54, 1.807) is 11.6 Å². The molecule has 0 aliphatic carbocycles. The number of benzene rings is 2. The standard InChI is InChI=1S/C17H12FN5OS/c18-10-4-6-11(7-5-10)20-16(24)15-9-25-17(22-15)21-13-2-1-3-14-12(13)8-19-23-14/h1-9H,(H,19,23)(H,20,24)(H,21,22). The number of hydrogen-bond acceptors (Lipinski definition) is 5. The fraction of sp³-hybridized carbons (Fsp3) is 0. The minimum Gasteiger partial charge on any atom is -0.331 e. The molecule has 0 saturated carbocycles. The topological polar surface area (TPSA) is 82.7 Å². The zero-order valence-electron chi connectivity index (χ0n) is 12.8. The first-order valence-electron chi connectivity index (χ1n) is 7.40. The van der Waals surface area contributed by atoms with E-state index in [1.165, 1.54) is 35.6 Å². The minimum absolute atomic E-state index is 0.288. The molecule has 0 fully saturated rings. The van der Waals surface area contributed by atoms with Gasteiger partial charge in [0, 0.05) is 16.5 Å². The van der Waals surface area contributed by atoms with Crippen molar-refractivity contribution < 1.29 is 9.18 Å². The van der Waals surface area contributed by atoms with E-state index in [4.69, 9.17) is 0 Å². The van der Waals surface area contributed by atoms with Crippen LogP contribution in [0.25, 0.3) is 10.9 Å². The van der Waals surface area contributed by atoms with Gasteiger partial charge in [-0.25, -0.2) is 9.37 Å². The van der Waals surface area contributed by atoms with Crippen LogP contribution in [-0.2, 0) is 0 Å². The van der Waals surface area contributed by atoms with Crippen LogP contribution in [0.15, 0.2) is 54.0 Å². The van der Waals surface area contributed by atoms with Crippen LogP contribution in [0, 0.1) is 5.82 Å². The second-order valence-corrected chi connectivity index (χ2v) is 6.12. The van der Waals surface area contributed by atoms with Gasteiger partial charge in [-0.3, -0.25) is 9.89 Å². The highest BCUT2D eigenvalue weighted by Gasteiger charge is 2.12. The molecular formula is C17H12FN5OS. The molecular weight excluding hydrogens is 341 g/mol. The lowest BCUT2D eigenvalue weighted by molar-refractivity contribution is 0.102. The number of rotatable bonds is 4. The SMILES string of the molecule is O=C(Nc1ccc(F)cc1)c1csc(Nc2cccc3[nH]ncc23)n1. The summed E-state index contributed by atoms with van der Waals surface area (Å²) in [5, 5.41) is 16.0. The van der Waals surface area contributed by atoms with Gasteiger partial charge in [0.2, 0.25) is 0 Å². The Morgan fingerprint density at radius 2 is 2.00 bits per heavy atom. The molecule has 8 heteroatoms. The van der Waals surface area contributed by atoms with E-state index in [-0.39, 0.29) is 17.4 Å². The van der Waals surface area contributed by atoms with Gasteiger partial charge in [-0.1, -0.05) is 6.07 Å². The number of H-pyrrole nitrogens is 1. The van der Waals surface area contributed by atoms with Crippen molar-refractivity contribution >= 4 is 44.7 Å². The number of aromatic nitrogens is 3. The van der Waals surface area contributed by atoms with Gasteiger partial charge >= 0.3 is 0 Å². The maximum absolute atomic E-state index is 12.9. The van der Waals surface area contributed by atoms with Crippen molar-refractivity contribution in [3.05, 3.63) is 65.6 Å². The quantitative estimate of drug-likeness (QED) is 0.515. The molecule has 4 rings (SSSR count). The molecule has 0 aliphatic heterocycles. The number of anilines is 3. The van der Waals surface area contributed by atoms with Crippen LogP contribution in [0.3, 0.4) is 0 Å². The Morgan fingerprint density at radius 1 is 1.16 bits per heavy atom. The minimum atomic E-state index is -0.355. The molecule has 0 aliphatic rings. The van der Waals surface area contributed by atoms with Crippen LogP contribution in [0.5, 0.6) is 0 Å². The number of fused-ring (bicyclic) bond motifs is 1. The molecule has 1 amide bonds. The predicted molar refractivity (Wildman–Crippen MR) is 95.8 cm³/mol. The van der Waals surface area contributed by atoms with E-state index in [0.29, 0.717) is 10.8 Å². The molecule has 2 aromatic heterocycles. The third-order valence-electron chi connectivity index (χ3n) is 3.57. The fourth-order valence-electron chi connectivity index (χ4n) is 2.36. The Kier molecular flexibility index (Phi) is 3.87. The van der Waals surface area contributed by atoms with Gasteiger partial charge < -0.3 is 10.6 Å². The molecule has 0 spiro atoms. The van der Waals surface area contributed by atoms with Gasteiger partial charge in [0.1, 0.15) is 11.5 Å². The Bertz CT molecular complexity index is 1040. The smallest absolute Gasteiger partial charge is 0.275 e. The highest BCUT2D eigenvalue weighted by molar-refractivity contribution is 7.14. The van der Waals surface area contributed by atoms with Gasteiger partial charge in [-0.2, -0.15) is 5.10 Å². The Hall–Kier alpha value is -3.26. The number of amides is 1. The molecule has 0 bridgehead atoms. The highest BCUT2D eigenvalue weighted by atomic mass is 32.1. The van der Waals surface area contributed by atoms with Crippen molar-refractivity contribution in [2.75, 3.05) is 10.6 Å². The number of aromatic amines is 1. The number of carbonyl (C=O) groups is 1. The largest absolute Gasteiger partial charge is 0.331 e. The number of nitrogens with zero attached hydrogens (tertiary/aromatic N) is 2. The highest BCUT2D eigenvalue weighted by Crippen LogP contribution is 2.27. The number of carbonyl (C=O) groups excluding carboxylic acids is 1. The number of thiazole rings is 1. The molecule has 2 aromatic carbocycles. The second-order valence-electron chi connectivity index (χ2n) is 5.26. The van der Waals surface area contributed by atoms with Crippen molar-refractivity contribution in [1.82, 2.24) is 15.2 Å². The summed E-state index contributed by atoms with van der Waals surface area (Å²) in [6.07, 6.45) is 1.73. The summed E-state index contributed by atoms with van der Waals surface area (Å²) in [4.78, 5) is 16.5. The monoisotopic (exact) mass is 353 g/mol. The summed E-state index contributed by atoms with van der Waals surface area (Å²) in [5.74, 6) is -0.705. The molecule has 0 radical (unpaired) electrons. The van der Waals surface area contributed by atoms with Crippen molar-refractivity contribution in [2.24, 2.45) is 0 Å². The maximum atomic E-state index is 12.9. The van der Waals surface area contributed by atoms with E-state index < -0.39 is 0 Å². The van der Waals surface area contributed by atoms with Gasteiger partial charge in [-0.15, -0.1) is 11.3 Å². The first-order chi connectivity index (χ1) is 12.2. The van der Waals surface area contributed by atoms with Gasteiger partial charge in [0.25, 0.3) is 5.91 Å². The van der Waals surface area contributed by atoms with Gasteiger partial charge in [-0.05, 0) is 36.4 Å².